The highest BCUT2D eigenvalue weighted by atomic mass is 32.2. The van der Waals surface area contributed by atoms with Crippen molar-refractivity contribution in [1.82, 2.24) is 9.97 Å². The molecule has 2 rings (SSSR count). The number of benzene rings is 1. The van der Waals surface area contributed by atoms with Gasteiger partial charge in [-0.3, -0.25) is 4.21 Å². The number of hydrogen-bond acceptors (Lipinski definition) is 5. The summed E-state index contributed by atoms with van der Waals surface area (Å²) in [6.07, 6.45) is 2.99. The minimum absolute atomic E-state index is 0.123. The third-order valence-corrected chi connectivity index (χ3v) is 3.42. The van der Waals surface area contributed by atoms with Gasteiger partial charge in [-0.2, -0.15) is 0 Å². The summed E-state index contributed by atoms with van der Waals surface area (Å²) in [5.74, 6) is -1.35. The van der Waals surface area contributed by atoms with Crippen LogP contribution in [0.3, 0.4) is 0 Å². The number of nitrogens with two attached hydrogens (primary N) is 1. The summed E-state index contributed by atoms with van der Waals surface area (Å²) in [6.45, 7) is 0. The number of nitrogens with zero attached hydrogens (tertiary/aromatic N) is 2. The lowest BCUT2D eigenvalue weighted by atomic mass is 10.1. The van der Waals surface area contributed by atoms with Gasteiger partial charge in [-0.25, -0.2) is 14.8 Å². The largest absolute Gasteiger partial charge is 0.476 e. The van der Waals surface area contributed by atoms with E-state index in [1.165, 1.54) is 6.20 Å². The van der Waals surface area contributed by atoms with Gasteiger partial charge < -0.3 is 10.8 Å². The van der Waals surface area contributed by atoms with Crippen LogP contribution in [0.2, 0.25) is 0 Å². The zero-order chi connectivity index (χ0) is 14.0. The first-order valence-corrected chi connectivity index (χ1v) is 6.84. The molecule has 0 radical (unpaired) electrons. The molecule has 0 amide bonds. The molecule has 0 aliphatic heterocycles. The lowest BCUT2D eigenvalue weighted by Gasteiger charge is -2.04. The number of carbonyl (C=O) groups is 1. The molecule has 0 saturated carbocycles. The molecule has 1 atom stereocenters. The summed E-state index contributed by atoms with van der Waals surface area (Å²) in [6, 6.07) is 6.82. The molecular weight excluding hydrogens is 266 g/mol. The number of anilines is 1. The minimum Gasteiger partial charge on any atom is -0.476 e. The van der Waals surface area contributed by atoms with Gasteiger partial charge in [-0.05, 0) is 12.1 Å². The van der Waals surface area contributed by atoms with E-state index in [1.807, 2.05) is 0 Å². The van der Waals surface area contributed by atoms with Crippen LogP contribution in [0.15, 0.2) is 35.4 Å². The molecular formula is C12H11N3O3S. The van der Waals surface area contributed by atoms with Crippen LogP contribution < -0.4 is 5.73 Å². The Hall–Kier alpha value is -2.28. The zero-order valence-corrected chi connectivity index (χ0v) is 10.8. The third-order valence-electron chi connectivity index (χ3n) is 2.49. The van der Waals surface area contributed by atoms with Gasteiger partial charge >= 0.3 is 5.97 Å². The van der Waals surface area contributed by atoms with Crippen molar-refractivity contribution < 1.29 is 14.1 Å². The van der Waals surface area contributed by atoms with E-state index < -0.39 is 16.8 Å². The molecule has 1 unspecified atom stereocenters. The molecule has 3 N–H and O–H groups in total. The molecule has 0 aliphatic rings. The van der Waals surface area contributed by atoms with Crippen LogP contribution in [0.4, 0.5) is 5.82 Å². The van der Waals surface area contributed by atoms with Crippen molar-refractivity contribution in [3.8, 4) is 11.3 Å². The maximum Gasteiger partial charge on any atom is 0.358 e. The summed E-state index contributed by atoms with van der Waals surface area (Å²) in [4.78, 5) is 19.4. The summed E-state index contributed by atoms with van der Waals surface area (Å²) in [5.41, 5.74) is 6.25. The average Bonchev–Trinajstić information content (AvgIpc) is 2.39. The molecule has 1 aromatic carbocycles. The van der Waals surface area contributed by atoms with Gasteiger partial charge in [-0.1, -0.05) is 12.1 Å². The first-order valence-electron chi connectivity index (χ1n) is 5.28. The maximum absolute atomic E-state index is 11.3. The first-order chi connectivity index (χ1) is 8.99. The summed E-state index contributed by atoms with van der Waals surface area (Å²) < 4.78 is 11.3. The highest BCUT2D eigenvalue weighted by Gasteiger charge is 2.13. The van der Waals surface area contributed by atoms with Gasteiger partial charge in [0.1, 0.15) is 0 Å². The van der Waals surface area contributed by atoms with E-state index in [0.717, 1.165) is 0 Å². The molecule has 0 spiro atoms. The second kappa shape index (κ2) is 5.15. The van der Waals surface area contributed by atoms with Crippen LogP contribution in [0.1, 0.15) is 10.5 Å². The second-order valence-electron chi connectivity index (χ2n) is 3.77. The topological polar surface area (TPSA) is 106 Å². The highest BCUT2D eigenvalue weighted by molar-refractivity contribution is 7.84. The quantitative estimate of drug-likeness (QED) is 0.872. The van der Waals surface area contributed by atoms with E-state index in [9.17, 15) is 9.00 Å². The number of rotatable bonds is 3. The fraction of sp³-hybridized carbons (Fsp3) is 0.0833. The van der Waals surface area contributed by atoms with E-state index in [4.69, 9.17) is 10.8 Å². The van der Waals surface area contributed by atoms with Crippen LogP contribution in [0.5, 0.6) is 0 Å². The van der Waals surface area contributed by atoms with Crippen LogP contribution >= 0.6 is 0 Å². The number of carboxylic acid groups (broad SMARTS) is 1. The summed E-state index contributed by atoms with van der Waals surface area (Å²) in [7, 11) is -1.06. The average molecular weight is 277 g/mol. The van der Waals surface area contributed by atoms with Crippen molar-refractivity contribution >= 4 is 22.6 Å². The fourth-order valence-corrected chi connectivity index (χ4v) is 2.03. The van der Waals surface area contributed by atoms with Gasteiger partial charge in [0.05, 0.1) is 11.9 Å². The molecule has 6 nitrogen and oxygen atoms in total. The Morgan fingerprint density at radius 2 is 1.95 bits per heavy atom. The van der Waals surface area contributed by atoms with Crippen molar-refractivity contribution in [3.05, 3.63) is 36.2 Å². The molecule has 2 aromatic rings. The Morgan fingerprint density at radius 1 is 1.32 bits per heavy atom. The van der Waals surface area contributed by atoms with Gasteiger partial charge in [0.2, 0.25) is 0 Å². The first kappa shape index (κ1) is 13.2. The van der Waals surface area contributed by atoms with Crippen LogP contribution in [0, 0.1) is 0 Å². The van der Waals surface area contributed by atoms with E-state index in [2.05, 4.69) is 9.97 Å². The molecule has 19 heavy (non-hydrogen) atoms. The predicted octanol–water partition coefficient (Wildman–Crippen LogP) is 1.16. The van der Waals surface area contributed by atoms with Crippen molar-refractivity contribution in [2.45, 2.75) is 4.90 Å². The van der Waals surface area contributed by atoms with Gasteiger partial charge in [0, 0.05) is 27.5 Å². The van der Waals surface area contributed by atoms with Crippen molar-refractivity contribution in [2.75, 3.05) is 12.0 Å². The molecule has 0 aliphatic carbocycles. The highest BCUT2D eigenvalue weighted by Crippen LogP contribution is 2.19. The summed E-state index contributed by atoms with van der Waals surface area (Å²) >= 11 is 0. The maximum atomic E-state index is 11.3. The van der Waals surface area contributed by atoms with Crippen molar-refractivity contribution in [1.29, 1.82) is 0 Å². The normalized spacial score (nSPS) is 12.1. The molecule has 1 aromatic heterocycles. The Morgan fingerprint density at radius 3 is 2.47 bits per heavy atom. The molecule has 7 heteroatoms. The zero-order valence-electron chi connectivity index (χ0n) is 10.0. The number of carboxylic acids is 1. The monoisotopic (exact) mass is 277 g/mol. The molecule has 0 fully saturated rings. The van der Waals surface area contributed by atoms with E-state index in [-0.39, 0.29) is 11.5 Å². The smallest absolute Gasteiger partial charge is 0.358 e. The molecule has 0 saturated heterocycles. The Labute approximate surface area is 111 Å². The predicted molar refractivity (Wildman–Crippen MR) is 71.2 cm³/mol. The van der Waals surface area contributed by atoms with Gasteiger partial charge in [0.25, 0.3) is 0 Å². The fourth-order valence-electron chi connectivity index (χ4n) is 1.51. The standard InChI is InChI=1S/C12H11N3O3S/c1-19(18)8-4-2-7(3-5-8)9-6-14-11(13)10(15-9)12(16)17/h2-6H,1H3,(H2,13,14)(H,16,17). The lowest BCUT2D eigenvalue weighted by molar-refractivity contribution is 0.0691. The number of hydrogen-bond donors (Lipinski definition) is 2. The third kappa shape index (κ3) is 2.76. The molecule has 98 valence electrons. The van der Waals surface area contributed by atoms with E-state index in [0.29, 0.717) is 16.2 Å². The van der Waals surface area contributed by atoms with E-state index in [1.54, 1.807) is 30.5 Å². The van der Waals surface area contributed by atoms with Crippen LogP contribution in [-0.2, 0) is 10.8 Å². The van der Waals surface area contributed by atoms with Gasteiger partial charge in [0.15, 0.2) is 11.5 Å². The summed E-state index contributed by atoms with van der Waals surface area (Å²) in [5, 5.41) is 8.93. The van der Waals surface area contributed by atoms with Gasteiger partial charge in [-0.15, -0.1) is 0 Å². The number of aromatic nitrogens is 2. The number of nitrogen functional groups attached to an aromatic ring is 1. The Bertz CT molecular complexity index is 656. The molecule has 0 bridgehead atoms. The van der Waals surface area contributed by atoms with E-state index >= 15 is 0 Å². The van der Waals surface area contributed by atoms with Crippen molar-refractivity contribution in [3.63, 3.8) is 0 Å². The molecule has 1 heterocycles. The van der Waals surface area contributed by atoms with Crippen LogP contribution in [-0.4, -0.2) is 31.5 Å². The Kier molecular flexibility index (Phi) is 3.57. The minimum atomic E-state index is -1.22. The SMILES string of the molecule is CS(=O)c1ccc(-c2cnc(N)c(C(=O)O)n2)cc1. The number of aromatic carboxylic acids is 1. The lowest BCUT2D eigenvalue weighted by Crippen LogP contribution is -2.08. The Balaban J connectivity index is 2.44. The second-order valence-corrected chi connectivity index (χ2v) is 5.15. The van der Waals surface area contributed by atoms with Crippen molar-refractivity contribution in [2.24, 2.45) is 0 Å². The van der Waals surface area contributed by atoms with Crippen LogP contribution in [0.25, 0.3) is 11.3 Å².